The van der Waals surface area contributed by atoms with E-state index in [1.807, 2.05) is 32.0 Å². The fraction of sp³-hybridized carbons (Fsp3) is 0.333. The largest absolute Gasteiger partial charge is 0.493 e. The number of anilines is 1. The van der Waals surface area contributed by atoms with Gasteiger partial charge in [-0.25, -0.2) is 0 Å². The summed E-state index contributed by atoms with van der Waals surface area (Å²) in [7, 11) is 1.62. The zero-order valence-corrected chi connectivity index (χ0v) is 11.3. The van der Waals surface area contributed by atoms with Crippen molar-refractivity contribution in [1.29, 1.82) is 0 Å². The molecule has 2 N–H and O–H groups in total. The quantitative estimate of drug-likeness (QED) is 0.920. The van der Waals surface area contributed by atoms with Crippen molar-refractivity contribution in [1.82, 2.24) is 10.2 Å². The topological polar surface area (TPSA) is 70.3 Å². The minimum absolute atomic E-state index is 0.212. The minimum atomic E-state index is -0.212. The molecule has 2 aromatic rings. The molecule has 18 heavy (non-hydrogen) atoms. The van der Waals surface area contributed by atoms with Crippen LogP contribution in [-0.4, -0.2) is 17.3 Å². The molecule has 0 spiro atoms. The Morgan fingerprint density at radius 1 is 1.28 bits per heavy atom. The molecule has 0 amide bonds. The Hall–Kier alpha value is -1.82. The van der Waals surface area contributed by atoms with Crippen molar-refractivity contribution in [2.24, 2.45) is 0 Å². The smallest absolute Gasteiger partial charge is 0.203 e. The first-order valence-electron chi connectivity index (χ1n) is 5.50. The van der Waals surface area contributed by atoms with E-state index in [0.717, 1.165) is 10.6 Å². The number of nitrogens with two attached hydrogens (primary N) is 1. The average molecular weight is 265 g/mol. The van der Waals surface area contributed by atoms with Crippen LogP contribution in [-0.2, 0) is 0 Å². The van der Waals surface area contributed by atoms with E-state index in [2.05, 4.69) is 10.2 Å². The summed E-state index contributed by atoms with van der Waals surface area (Å²) in [5.74, 6) is 1.39. The lowest BCUT2D eigenvalue weighted by atomic mass is 10.2. The van der Waals surface area contributed by atoms with Crippen LogP contribution in [0.15, 0.2) is 18.2 Å². The van der Waals surface area contributed by atoms with Crippen molar-refractivity contribution in [3.8, 4) is 11.5 Å². The third kappa shape index (κ3) is 2.70. The Bertz CT molecular complexity index is 542. The van der Waals surface area contributed by atoms with Gasteiger partial charge in [0, 0.05) is 0 Å². The molecule has 6 heteroatoms. The molecule has 1 heterocycles. The van der Waals surface area contributed by atoms with Crippen molar-refractivity contribution >= 4 is 16.5 Å². The van der Waals surface area contributed by atoms with Crippen molar-refractivity contribution < 1.29 is 9.47 Å². The summed E-state index contributed by atoms with van der Waals surface area (Å²) in [4.78, 5) is 0. The summed E-state index contributed by atoms with van der Waals surface area (Å²) < 4.78 is 11.1. The SMILES string of the molecule is COc1cc(C)ccc1OC(C)c1nnc(N)s1. The monoisotopic (exact) mass is 265 g/mol. The predicted octanol–water partition coefficient (Wildman–Crippen LogP) is 2.58. The van der Waals surface area contributed by atoms with Crippen LogP contribution >= 0.6 is 11.3 Å². The van der Waals surface area contributed by atoms with Crippen molar-refractivity contribution in [2.45, 2.75) is 20.0 Å². The van der Waals surface area contributed by atoms with Crippen LogP contribution in [0.4, 0.5) is 5.13 Å². The number of ether oxygens (including phenoxy) is 2. The minimum Gasteiger partial charge on any atom is -0.493 e. The molecule has 1 aromatic heterocycles. The first-order chi connectivity index (χ1) is 8.60. The zero-order valence-electron chi connectivity index (χ0n) is 10.5. The van der Waals surface area contributed by atoms with Gasteiger partial charge in [-0.05, 0) is 31.5 Å². The molecular formula is C12H15N3O2S. The van der Waals surface area contributed by atoms with Gasteiger partial charge in [0.25, 0.3) is 0 Å². The van der Waals surface area contributed by atoms with Crippen LogP contribution in [0.3, 0.4) is 0 Å². The fourth-order valence-corrected chi connectivity index (χ4v) is 2.12. The van der Waals surface area contributed by atoms with Crippen LogP contribution in [0.25, 0.3) is 0 Å². The predicted molar refractivity (Wildman–Crippen MR) is 71.1 cm³/mol. The zero-order chi connectivity index (χ0) is 13.1. The maximum Gasteiger partial charge on any atom is 0.203 e. The van der Waals surface area contributed by atoms with Gasteiger partial charge in [-0.1, -0.05) is 17.4 Å². The van der Waals surface area contributed by atoms with Gasteiger partial charge in [-0.15, -0.1) is 10.2 Å². The van der Waals surface area contributed by atoms with E-state index in [0.29, 0.717) is 16.6 Å². The molecule has 1 aromatic carbocycles. The van der Waals surface area contributed by atoms with Crippen molar-refractivity contribution in [2.75, 3.05) is 12.8 Å². The van der Waals surface area contributed by atoms with E-state index in [1.54, 1.807) is 7.11 Å². The highest BCUT2D eigenvalue weighted by Crippen LogP contribution is 2.32. The summed E-state index contributed by atoms with van der Waals surface area (Å²) in [6.07, 6.45) is -0.212. The first-order valence-corrected chi connectivity index (χ1v) is 6.32. The maximum atomic E-state index is 5.82. The molecular weight excluding hydrogens is 250 g/mol. The van der Waals surface area contributed by atoms with E-state index < -0.39 is 0 Å². The number of benzene rings is 1. The number of aryl methyl sites for hydroxylation is 1. The normalized spacial score (nSPS) is 12.2. The third-order valence-corrected chi connectivity index (χ3v) is 3.34. The number of nitrogens with zero attached hydrogens (tertiary/aromatic N) is 2. The Morgan fingerprint density at radius 3 is 2.67 bits per heavy atom. The molecule has 0 radical (unpaired) electrons. The van der Waals surface area contributed by atoms with Crippen LogP contribution in [0.1, 0.15) is 23.6 Å². The highest BCUT2D eigenvalue weighted by Gasteiger charge is 2.15. The first kappa shape index (κ1) is 12.6. The van der Waals surface area contributed by atoms with Gasteiger partial charge in [0.05, 0.1) is 7.11 Å². The second-order valence-electron chi connectivity index (χ2n) is 3.89. The second-order valence-corrected chi connectivity index (χ2v) is 4.93. The van der Waals surface area contributed by atoms with Crippen LogP contribution in [0.5, 0.6) is 11.5 Å². The van der Waals surface area contributed by atoms with E-state index in [-0.39, 0.29) is 6.10 Å². The highest BCUT2D eigenvalue weighted by molar-refractivity contribution is 7.15. The molecule has 5 nitrogen and oxygen atoms in total. The van der Waals surface area contributed by atoms with Crippen molar-refractivity contribution in [3.05, 3.63) is 28.8 Å². The lowest BCUT2D eigenvalue weighted by Gasteiger charge is -2.15. The van der Waals surface area contributed by atoms with Gasteiger partial charge < -0.3 is 15.2 Å². The Labute approximate surface area is 110 Å². The van der Waals surface area contributed by atoms with E-state index >= 15 is 0 Å². The van der Waals surface area contributed by atoms with Gasteiger partial charge in [0.15, 0.2) is 16.5 Å². The molecule has 96 valence electrons. The van der Waals surface area contributed by atoms with Gasteiger partial charge in [0.1, 0.15) is 6.10 Å². The number of rotatable bonds is 4. The molecule has 0 bridgehead atoms. The summed E-state index contributed by atoms with van der Waals surface area (Å²) in [6, 6.07) is 5.78. The lowest BCUT2D eigenvalue weighted by Crippen LogP contribution is -2.04. The Morgan fingerprint density at radius 2 is 2.06 bits per heavy atom. The molecule has 0 fully saturated rings. The average Bonchev–Trinajstić information content (AvgIpc) is 2.78. The molecule has 0 aliphatic rings. The summed E-state index contributed by atoms with van der Waals surface area (Å²) in [5, 5.41) is 8.92. The number of nitrogen functional groups attached to an aromatic ring is 1. The maximum absolute atomic E-state index is 5.82. The number of aromatic nitrogens is 2. The molecule has 0 aliphatic heterocycles. The molecule has 0 aliphatic carbocycles. The molecule has 1 unspecified atom stereocenters. The fourth-order valence-electron chi connectivity index (χ4n) is 1.52. The van der Waals surface area contributed by atoms with Gasteiger partial charge in [0.2, 0.25) is 5.13 Å². The van der Waals surface area contributed by atoms with Gasteiger partial charge in [-0.2, -0.15) is 0 Å². The number of methoxy groups -OCH3 is 1. The summed E-state index contributed by atoms with van der Waals surface area (Å²) in [5.41, 5.74) is 6.67. The van der Waals surface area contributed by atoms with Crippen LogP contribution in [0.2, 0.25) is 0 Å². The number of hydrogen-bond acceptors (Lipinski definition) is 6. The summed E-state index contributed by atoms with van der Waals surface area (Å²) in [6.45, 7) is 3.90. The molecule has 0 saturated heterocycles. The molecule has 0 saturated carbocycles. The lowest BCUT2D eigenvalue weighted by molar-refractivity contribution is 0.214. The van der Waals surface area contributed by atoms with E-state index in [4.69, 9.17) is 15.2 Å². The van der Waals surface area contributed by atoms with Crippen LogP contribution < -0.4 is 15.2 Å². The standard InChI is InChI=1S/C12H15N3O2S/c1-7-4-5-9(10(6-7)16-3)17-8(2)11-14-15-12(13)18-11/h4-6,8H,1-3H3,(H2,13,15). The van der Waals surface area contributed by atoms with Crippen LogP contribution in [0, 0.1) is 6.92 Å². The second kappa shape index (κ2) is 5.22. The van der Waals surface area contributed by atoms with E-state index in [9.17, 15) is 0 Å². The van der Waals surface area contributed by atoms with Crippen molar-refractivity contribution in [3.63, 3.8) is 0 Å². The van der Waals surface area contributed by atoms with E-state index in [1.165, 1.54) is 11.3 Å². The molecule has 1 atom stereocenters. The Kier molecular flexibility index (Phi) is 3.66. The number of hydrogen-bond donors (Lipinski definition) is 1. The summed E-state index contributed by atoms with van der Waals surface area (Å²) >= 11 is 1.32. The van der Waals surface area contributed by atoms with Gasteiger partial charge in [-0.3, -0.25) is 0 Å². The highest BCUT2D eigenvalue weighted by atomic mass is 32.1. The molecule has 2 rings (SSSR count). The Balaban J connectivity index is 2.18. The third-order valence-electron chi connectivity index (χ3n) is 2.43. The van der Waals surface area contributed by atoms with Gasteiger partial charge >= 0.3 is 0 Å².